The zero-order chi connectivity index (χ0) is 19.2. The van der Waals surface area contributed by atoms with Gasteiger partial charge in [0.2, 0.25) is 0 Å². The van der Waals surface area contributed by atoms with Gasteiger partial charge in [0.05, 0.1) is 0 Å². The summed E-state index contributed by atoms with van der Waals surface area (Å²) in [6, 6.07) is 6.74. The predicted molar refractivity (Wildman–Crippen MR) is 112 cm³/mol. The fraction of sp³-hybridized carbons (Fsp3) is 0.333. The molecule has 1 heterocycles. The minimum Gasteiger partial charge on any atom is -0.349 e. The normalized spacial score (nSPS) is 18.1. The van der Waals surface area contributed by atoms with Crippen LogP contribution >= 0.6 is 0 Å². The molecule has 27 heavy (non-hydrogen) atoms. The first kappa shape index (κ1) is 19.4. The summed E-state index contributed by atoms with van der Waals surface area (Å²) in [6.45, 7) is 7.78. The Morgan fingerprint density at radius 1 is 1.19 bits per heavy atom. The molecule has 2 nitrogen and oxygen atoms in total. The van der Waals surface area contributed by atoms with E-state index in [0.717, 1.165) is 49.1 Å². The molecule has 1 unspecified atom stereocenters. The van der Waals surface area contributed by atoms with E-state index in [1.54, 1.807) is 0 Å². The van der Waals surface area contributed by atoms with Gasteiger partial charge in [0.1, 0.15) is 5.82 Å². The van der Waals surface area contributed by atoms with Crippen molar-refractivity contribution in [2.75, 3.05) is 13.1 Å². The van der Waals surface area contributed by atoms with E-state index in [1.807, 2.05) is 12.1 Å². The summed E-state index contributed by atoms with van der Waals surface area (Å²) in [4.78, 5) is 2.24. The number of halogens is 1. The van der Waals surface area contributed by atoms with E-state index < -0.39 is 0 Å². The third-order valence-corrected chi connectivity index (χ3v) is 5.32. The fourth-order valence-electron chi connectivity index (χ4n) is 3.69. The van der Waals surface area contributed by atoms with Gasteiger partial charge in [0, 0.05) is 30.9 Å². The Kier molecular flexibility index (Phi) is 6.46. The predicted octanol–water partition coefficient (Wildman–Crippen LogP) is 5.58. The third-order valence-electron chi connectivity index (χ3n) is 5.32. The van der Waals surface area contributed by atoms with Crippen molar-refractivity contribution in [3.05, 3.63) is 95.1 Å². The van der Waals surface area contributed by atoms with Crippen LogP contribution in [0.1, 0.15) is 44.1 Å². The SMILES string of the molecule is C=C1C=C(C(C)c2ccc(F)cc2)N(CCN)C=C1CCC1=CCCC=C1. The van der Waals surface area contributed by atoms with Gasteiger partial charge in [-0.05, 0) is 60.6 Å². The Bertz CT molecular complexity index is 796. The van der Waals surface area contributed by atoms with Gasteiger partial charge < -0.3 is 10.6 Å². The van der Waals surface area contributed by atoms with Gasteiger partial charge in [0.25, 0.3) is 0 Å². The highest BCUT2D eigenvalue weighted by Crippen LogP contribution is 2.34. The van der Waals surface area contributed by atoms with Crippen LogP contribution in [0.15, 0.2) is 83.8 Å². The highest BCUT2D eigenvalue weighted by Gasteiger charge is 2.22. The monoisotopic (exact) mass is 364 g/mol. The van der Waals surface area contributed by atoms with Gasteiger partial charge in [-0.1, -0.05) is 49.4 Å². The van der Waals surface area contributed by atoms with Crippen molar-refractivity contribution >= 4 is 0 Å². The molecule has 0 fully saturated rings. The first-order chi connectivity index (χ1) is 13.1. The lowest BCUT2D eigenvalue weighted by Crippen LogP contribution is -2.29. The zero-order valence-corrected chi connectivity index (χ0v) is 16.1. The lowest BCUT2D eigenvalue weighted by atomic mass is 9.90. The molecule has 1 aliphatic heterocycles. The number of hydrogen-bond acceptors (Lipinski definition) is 2. The Labute approximate surface area is 162 Å². The summed E-state index contributed by atoms with van der Waals surface area (Å²) in [7, 11) is 0. The smallest absolute Gasteiger partial charge is 0.123 e. The zero-order valence-electron chi connectivity index (χ0n) is 16.1. The van der Waals surface area contributed by atoms with Crippen LogP contribution in [-0.4, -0.2) is 18.0 Å². The molecule has 142 valence electrons. The van der Waals surface area contributed by atoms with Gasteiger partial charge in [0.15, 0.2) is 0 Å². The number of nitrogens with two attached hydrogens (primary N) is 1. The van der Waals surface area contributed by atoms with Gasteiger partial charge in [-0.3, -0.25) is 0 Å². The van der Waals surface area contributed by atoms with Crippen molar-refractivity contribution in [1.29, 1.82) is 0 Å². The lowest BCUT2D eigenvalue weighted by molar-refractivity contribution is 0.433. The summed E-state index contributed by atoms with van der Waals surface area (Å²) in [6.07, 6.45) is 15.5. The van der Waals surface area contributed by atoms with Crippen molar-refractivity contribution in [2.45, 2.75) is 38.5 Å². The average Bonchev–Trinajstić information content (AvgIpc) is 2.69. The molecule has 1 aromatic rings. The van der Waals surface area contributed by atoms with Gasteiger partial charge in [-0.25, -0.2) is 4.39 Å². The first-order valence-electron chi connectivity index (χ1n) is 9.78. The van der Waals surface area contributed by atoms with E-state index in [9.17, 15) is 4.39 Å². The topological polar surface area (TPSA) is 29.3 Å². The Hall–Kier alpha value is -2.39. The molecule has 2 aliphatic rings. The molecule has 0 saturated heterocycles. The molecule has 1 atom stereocenters. The van der Waals surface area contributed by atoms with Crippen molar-refractivity contribution in [3.63, 3.8) is 0 Å². The average molecular weight is 365 g/mol. The summed E-state index contributed by atoms with van der Waals surface area (Å²) in [5.74, 6) is -0.0595. The van der Waals surface area contributed by atoms with E-state index >= 15 is 0 Å². The molecule has 0 radical (unpaired) electrons. The van der Waals surface area contributed by atoms with Crippen LogP contribution in [0.5, 0.6) is 0 Å². The molecular weight excluding hydrogens is 335 g/mol. The number of benzene rings is 1. The van der Waals surface area contributed by atoms with E-state index in [-0.39, 0.29) is 11.7 Å². The minimum absolute atomic E-state index is 0.149. The maximum atomic E-state index is 13.3. The Morgan fingerprint density at radius 3 is 2.63 bits per heavy atom. The number of rotatable bonds is 7. The maximum Gasteiger partial charge on any atom is 0.123 e. The number of allylic oxidation sites excluding steroid dienone is 8. The van der Waals surface area contributed by atoms with Crippen LogP contribution in [-0.2, 0) is 0 Å². The lowest BCUT2D eigenvalue weighted by Gasteiger charge is -2.33. The molecule has 2 N–H and O–H groups in total. The molecule has 0 spiro atoms. The molecule has 1 aliphatic carbocycles. The van der Waals surface area contributed by atoms with Crippen LogP contribution < -0.4 is 5.73 Å². The van der Waals surface area contributed by atoms with Crippen LogP contribution in [0.25, 0.3) is 0 Å². The second-order valence-corrected chi connectivity index (χ2v) is 7.26. The van der Waals surface area contributed by atoms with Gasteiger partial charge in [-0.15, -0.1) is 0 Å². The van der Waals surface area contributed by atoms with Crippen molar-refractivity contribution < 1.29 is 4.39 Å². The molecular formula is C24H29FN2. The number of hydrogen-bond donors (Lipinski definition) is 1. The van der Waals surface area contributed by atoms with Crippen LogP contribution in [0.4, 0.5) is 4.39 Å². The van der Waals surface area contributed by atoms with Crippen LogP contribution in [0.2, 0.25) is 0 Å². The number of nitrogens with zero attached hydrogens (tertiary/aromatic N) is 1. The molecule has 0 amide bonds. The third kappa shape index (κ3) is 4.86. The molecule has 0 saturated carbocycles. The van der Waals surface area contributed by atoms with Crippen LogP contribution in [0.3, 0.4) is 0 Å². The second kappa shape index (κ2) is 9.01. The summed E-state index contributed by atoms with van der Waals surface area (Å²) in [5.41, 5.74) is 11.9. The standard InChI is InChI=1S/C24H29FN2/c1-18-16-24(19(2)21-10-12-23(25)13-11-21)27(15-14-26)17-22(18)9-8-20-6-4-3-5-7-20/h4,6-7,10-13,16-17,19H,1,3,5,8-9,14-15,26H2,2H3. The molecule has 0 aromatic heterocycles. The molecule has 1 aromatic carbocycles. The van der Waals surface area contributed by atoms with E-state index in [2.05, 4.69) is 48.9 Å². The van der Waals surface area contributed by atoms with Gasteiger partial charge >= 0.3 is 0 Å². The molecule has 0 bridgehead atoms. The molecule has 3 heteroatoms. The summed E-state index contributed by atoms with van der Waals surface area (Å²) < 4.78 is 13.3. The Balaban J connectivity index is 1.76. The highest BCUT2D eigenvalue weighted by molar-refractivity contribution is 5.46. The maximum absolute atomic E-state index is 13.3. The first-order valence-corrected chi connectivity index (χ1v) is 9.78. The second-order valence-electron chi connectivity index (χ2n) is 7.26. The van der Waals surface area contributed by atoms with Crippen LogP contribution in [0, 0.1) is 5.82 Å². The highest BCUT2D eigenvalue weighted by atomic mass is 19.1. The largest absolute Gasteiger partial charge is 0.349 e. The van der Waals surface area contributed by atoms with E-state index in [1.165, 1.54) is 23.3 Å². The minimum atomic E-state index is -0.208. The van der Waals surface area contributed by atoms with Crippen molar-refractivity contribution in [1.82, 2.24) is 4.90 Å². The molecule has 3 rings (SSSR count). The van der Waals surface area contributed by atoms with Crippen molar-refractivity contribution in [2.24, 2.45) is 5.73 Å². The quantitative estimate of drug-likeness (QED) is 0.684. The van der Waals surface area contributed by atoms with Gasteiger partial charge in [-0.2, -0.15) is 0 Å². The fourth-order valence-corrected chi connectivity index (χ4v) is 3.69. The van der Waals surface area contributed by atoms with E-state index in [4.69, 9.17) is 5.73 Å². The van der Waals surface area contributed by atoms with E-state index in [0.29, 0.717) is 6.54 Å². The Morgan fingerprint density at radius 2 is 1.96 bits per heavy atom. The summed E-state index contributed by atoms with van der Waals surface area (Å²) in [5, 5.41) is 0. The van der Waals surface area contributed by atoms with Crippen molar-refractivity contribution in [3.8, 4) is 0 Å². The summed E-state index contributed by atoms with van der Waals surface area (Å²) >= 11 is 0.